The van der Waals surface area contributed by atoms with Crippen molar-refractivity contribution >= 4 is 17.9 Å². The highest BCUT2D eigenvalue weighted by Gasteiger charge is 2.39. The van der Waals surface area contributed by atoms with Crippen LogP contribution in [0, 0.1) is 0 Å². The average molecular weight is 568 g/mol. The third-order valence-electron chi connectivity index (χ3n) is 7.35. The summed E-state index contributed by atoms with van der Waals surface area (Å²) in [7, 11) is 0. The van der Waals surface area contributed by atoms with E-state index in [2.05, 4.69) is 10.6 Å². The van der Waals surface area contributed by atoms with Crippen molar-refractivity contribution in [3.8, 4) is 11.5 Å². The van der Waals surface area contributed by atoms with E-state index < -0.39 is 29.7 Å². The molecule has 1 aliphatic carbocycles. The Labute approximate surface area is 243 Å². The molecule has 0 aromatic heterocycles. The molecule has 0 bridgehead atoms. The normalized spacial score (nSPS) is 16.2. The van der Waals surface area contributed by atoms with Crippen LogP contribution in [-0.2, 0) is 20.7 Å². The molecule has 9 nitrogen and oxygen atoms in total. The molecule has 3 atom stereocenters. The van der Waals surface area contributed by atoms with E-state index in [0.29, 0.717) is 17.5 Å². The van der Waals surface area contributed by atoms with Gasteiger partial charge in [-0.25, -0.2) is 4.79 Å². The lowest BCUT2D eigenvalue weighted by molar-refractivity contribution is -0.145. The van der Waals surface area contributed by atoms with Gasteiger partial charge in [-0.05, 0) is 82.3 Å². The summed E-state index contributed by atoms with van der Waals surface area (Å²) in [6.07, 6.45) is 4.86. The van der Waals surface area contributed by atoms with Crippen molar-refractivity contribution in [1.29, 1.82) is 0 Å². The predicted molar refractivity (Wildman–Crippen MR) is 157 cm³/mol. The van der Waals surface area contributed by atoms with Gasteiger partial charge < -0.3 is 30.5 Å². The fourth-order valence-electron chi connectivity index (χ4n) is 5.15. The molecule has 1 aliphatic rings. The van der Waals surface area contributed by atoms with Crippen LogP contribution in [0.3, 0.4) is 0 Å². The molecule has 0 spiro atoms. The van der Waals surface area contributed by atoms with Gasteiger partial charge in [0.15, 0.2) is 0 Å². The number of nitrogens with one attached hydrogen (secondary N) is 2. The zero-order chi connectivity index (χ0) is 30.2. The fraction of sp³-hybridized carbons (Fsp3) is 0.531. The van der Waals surface area contributed by atoms with Crippen molar-refractivity contribution in [2.45, 2.75) is 109 Å². The van der Waals surface area contributed by atoms with Crippen molar-refractivity contribution in [2.75, 3.05) is 0 Å². The van der Waals surface area contributed by atoms with Crippen LogP contribution in [0.5, 0.6) is 11.5 Å². The second-order valence-corrected chi connectivity index (χ2v) is 11.9. The Balaban J connectivity index is 2.03. The van der Waals surface area contributed by atoms with E-state index in [1.54, 1.807) is 45.0 Å². The Kier molecular flexibility index (Phi) is 11.0. The molecule has 3 unspecified atom stereocenters. The number of benzene rings is 2. The summed E-state index contributed by atoms with van der Waals surface area (Å²) in [5.41, 5.74) is 0.408. The van der Waals surface area contributed by atoms with E-state index in [1.165, 1.54) is 29.2 Å². The Morgan fingerprint density at radius 3 is 2.24 bits per heavy atom. The van der Waals surface area contributed by atoms with Gasteiger partial charge in [-0.3, -0.25) is 9.59 Å². The molecule has 0 heterocycles. The van der Waals surface area contributed by atoms with Crippen LogP contribution >= 0.6 is 0 Å². The van der Waals surface area contributed by atoms with Gasteiger partial charge in [0.05, 0.1) is 0 Å². The van der Waals surface area contributed by atoms with Crippen molar-refractivity contribution < 1.29 is 29.3 Å². The maximum atomic E-state index is 14.5. The number of nitrogens with zero attached hydrogens (tertiary/aromatic N) is 1. The highest BCUT2D eigenvalue weighted by Crippen LogP contribution is 2.30. The quantitative estimate of drug-likeness (QED) is 0.306. The molecule has 0 radical (unpaired) electrons. The summed E-state index contributed by atoms with van der Waals surface area (Å²) >= 11 is 0. The minimum absolute atomic E-state index is 0.0117. The lowest BCUT2D eigenvalue weighted by atomic mass is 9.94. The number of carbonyl (C=O) groups excluding carboxylic acids is 3. The number of hydrogen-bond acceptors (Lipinski definition) is 6. The molecule has 224 valence electrons. The molecule has 1 saturated carbocycles. The van der Waals surface area contributed by atoms with Gasteiger partial charge in [0.1, 0.15) is 29.2 Å². The number of aromatic hydroxyl groups is 2. The van der Waals surface area contributed by atoms with Crippen LogP contribution in [0.15, 0.2) is 48.5 Å². The molecular weight excluding hydrogens is 522 g/mol. The molecule has 3 rings (SSSR count). The highest BCUT2D eigenvalue weighted by molar-refractivity contribution is 5.92. The zero-order valence-corrected chi connectivity index (χ0v) is 24.9. The zero-order valence-electron chi connectivity index (χ0n) is 24.9. The first-order valence-corrected chi connectivity index (χ1v) is 14.6. The summed E-state index contributed by atoms with van der Waals surface area (Å²) in [6.45, 7) is 9.01. The van der Waals surface area contributed by atoms with Gasteiger partial charge in [-0.15, -0.1) is 0 Å². The molecule has 1 fully saturated rings. The average Bonchev–Trinajstić information content (AvgIpc) is 2.91. The number of ether oxygens (including phenoxy) is 1. The Morgan fingerprint density at radius 2 is 1.66 bits per heavy atom. The molecule has 3 amide bonds. The van der Waals surface area contributed by atoms with Gasteiger partial charge in [0.2, 0.25) is 11.8 Å². The number of phenols is 2. The minimum Gasteiger partial charge on any atom is -0.508 e. The second-order valence-electron chi connectivity index (χ2n) is 11.9. The largest absolute Gasteiger partial charge is 0.508 e. The number of rotatable bonds is 10. The topological polar surface area (TPSA) is 128 Å². The summed E-state index contributed by atoms with van der Waals surface area (Å²) < 4.78 is 5.48. The number of alkyl carbamates (subject to hydrolysis) is 1. The second kappa shape index (κ2) is 14.2. The first-order chi connectivity index (χ1) is 19.4. The lowest BCUT2D eigenvalue weighted by Gasteiger charge is -2.39. The Bertz CT molecular complexity index is 1170. The monoisotopic (exact) mass is 567 g/mol. The van der Waals surface area contributed by atoms with Gasteiger partial charge >= 0.3 is 6.09 Å². The van der Waals surface area contributed by atoms with Crippen LogP contribution in [0.2, 0.25) is 0 Å². The first-order valence-electron chi connectivity index (χ1n) is 14.6. The molecule has 0 aliphatic heterocycles. The van der Waals surface area contributed by atoms with Gasteiger partial charge in [0.25, 0.3) is 0 Å². The number of phenolic OH excluding ortho intramolecular Hbond substituents is 2. The third-order valence-corrected chi connectivity index (χ3v) is 7.35. The minimum atomic E-state index is -1.06. The summed E-state index contributed by atoms with van der Waals surface area (Å²) in [5, 5.41) is 26.0. The van der Waals surface area contributed by atoms with E-state index in [1.807, 2.05) is 13.8 Å². The van der Waals surface area contributed by atoms with Crippen LogP contribution < -0.4 is 10.6 Å². The van der Waals surface area contributed by atoms with Gasteiger partial charge in [-0.2, -0.15) is 0 Å². The molecule has 2 aromatic carbocycles. The standard InChI is InChI=1S/C32H45N3O6/c1-6-21(2)35(28(23-11-10-14-26(37)20-23)29(38)33-24-12-8-7-9-13-24)30(39)27(34-31(40)41-32(3,4)5)19-22-15-17-25(36)18-16-22/h10-11,14-18,20-21,24,27-28,36-37H,6-9,12-13,19H2,1-5H3,(H,33,38)(H,34,40). The Hall–Kier alpha value is -3.75. The van der Waals surface area contributed by atoms with E-state index in [0.717, 1.165) is 32.1 Å². The molecule has 4 N–H and O–H groups in total. The first kappa shape index (κ1) is 31.8. The van der Waals surface area contributed by atoms with E-state index >= 15 is 0 Å². The molecule has 0 saturated heterocycles. The SMILES string of the molecule is CCC(C)N(C(=O)C(Cc1ccc(O)cc1)NC(=O)OC(C)(C)C)C(C(=O)NC1CCCCC1)c1cccc(O)c1. The third kappa shape index (κ3) is 9.40. The summed E-state index contributed by atoms with van der Waals surface area (Å²) in [4.78, 5) is 42.9. The van der Waals surface area contributed by atoms with Crippen molar-refractivity contribution in [1.82, 2.24) is 15.5 Å². The predicted octanol–water partition coefficient (Wildman–Crippen LogP) is 5.35. The molecule has 9 heteroatoms. The lowest BCUT2D eigenvalue weighted by Crippen LogP contribution is -2.56. The van der Waals surface area contributed by atoms with Crippen LogP contribution in [0.25, 0.3) is 0 Å². The van der Waals surface area contributed by atoms with Crippen LogP contribution in [-0.4, -0.2) is 56.7 Å². The van der Waals surface area contributed by atoms with Crippen LogP contribution in [0.1, 0.15) is 90.3 Å². The Morgan fingerprint density at radius 1 is 1.00 bits per heavy atom. The van der Waals surface area contributed by atoms with Crippen molar-refractivity contribution in [2.24, 2.45) is 0 Å². The van der Waals surface area contributed by atoms with Gasteiger partial charge in [0, 0.05) is 18.5 Å². The maximum Gasteiger partial charge on any atom is 0.408 e. The van der Waals surface area contributed by atoms with E-state index in [9.17, 15) is 24.6 Å². The number of carbonyl (C=O) groups is 3. The highest BCUT2D eigenvalue weighted by atomic mass is 16.6. The van der Waals surface area contributed by atoms with E-state index in [4.69, 9.17) is 4.74 Å². The van der Waals surface area contributed by atoms with Gasteiger partial charge in [-0.1, -0.05) is 50.5 Å². The fourth-order valence-corrected chi connectivity index (χ4v) is 5.15. The van der Waals surface area contributed by atoms with E-state index in [-0.39, 0.29) is 35.9 Å². The van der Waals surface area contributed by atoms with Crippen molar-refractivity contribution in [3.05, 3.63) is 59.7 Å². The van der Waals surface area contributed by atoms with Crippen molar-refractivity contribution in [3.63, 3.8) is 0 Å². The number of amides is 3. The van der Waals surface area contributed by atoms with Crippen LogP contribution in [0.4, 0.5) is 4.79 Å². The molecule has 41 heavy (non-hydrogen) atoms. The maximum absolute atomic E-state index is 14.5. The molecule has 2 aromatic rings. The summed E-state index contributed by atoms with van der Waals surface area (Å²) in [5.74, 6) is -0.703. The smallest absolute Gasteiger partial charge is 0.408 e. The summed E-state index contributed by atoms with van der Waals surface area (Å²) in [6, 6.07) is 10.3. The number of hydrogen-bond donors (Lipinski definition) is 4. The molecular formula is C32H45N3O6.